The number of halogens is 3. The maximum Gasteiger partial charge on any atom is 0.273 e. The Morgan fingerprint density at radius 2 is 1.82 bits per heavy atom. The van der Waals surface area contributed by atoms with Crippen LogP contribution in [0.15, 0.2) is 21.8 Å². The molecule has 0 saturated heterocycles. The summed E-state index contributed by atoms with van der Waals surface area (Å²) in [6.07, 6.45) is 0. The van der Waals surface area contributed by atoms with E-state index in [1.165, 1.54) is 12.1 Å². The van der Waals surface area contributed by atoms with Crippen molar-refractivity contribution in [1.82, 2.24) is 10.2 Å². The zero-order chi connectivity index (χ0) is 12.4. The van der Waals surface area contributed by atoms with E-state index in [4.69, 9.17) is 44.0 Å². The summed E-state index contributed by atoms with van der Waals surface area (Å²) in [5.41, 5.74) is 0. The van der Waals surface area contributed by atoms with E-state index in [9.17, 15) is 0 Å². The van der Waals surface area contributed by atoms with Gasteiger partial charge in [0.2, 0.25) is 0 Å². The van der Waals surface area contributed by atoms with Gasteiger partial charge >= 0.3 is 0 Å². The first-order valence-corrected chi connectivity index (χ1v) is 5.93. The first-order valence-electron chi connectivity index (χ1n) is 4.35. The first-order chi connectivity index (χ1) is 8.06. The summed E-state index contributed by atoms with van der Waals surface area (Å²) in [4.78, 5) is 0. The molecule has 0 amide bonds. The van der Waals surface area contributed by atoms with Crippen LogP contribution in [0.4, 0.5) is 0 Å². The summed E-state index contributed by atoms with van der Waals surface area (Å²) in [6, 6.07) is 3.06. The largest absolute Gasteiger partial charge is 0.481 e. The molecule has 0 saturated carbocycles. The lowest BCUT2D eigenvalue weighted by molar-refractivity contribution is 0.252. The van der Waals surface area contributed by atoms with Crippen LogP contribution in [0.1, 0.15) is 5.89 Å². The zero-order valence-corrected chi connectivity index (χ0v) is 11.3. The molecular weight excluding hydrogens is 307 g/mol. The van der Waals surface area contributed by atoms with Crippen molar-refractivity contribution < 1.29 is 9.15 Å². The molecule has 2 aromatic rings. The highest BCUT2D eigenvalue weighted by Crippen LogP contribution is 2.36. The average Bonchev–Trinajstić information content (AvgIpc) is 2.62. The molecule has 2 rings (SSSR count). The zero-order valence-electron chi connectivity index (χ0n) is 8.15. The minimum atomic E-state index is 0.0502. The minimum Gasteiger partial charge on any atom is -0.481 e. The van der Waals surface area contributed by atoms with E-state index in [1.807, 2.05) is 0 Å². The van der Waals surface area contributed by atoms with Crippen LogP contribution in [-0.2, 0) is 6.61 Å². The van der Waals surface area contributed by atoms with Crippen LogP contribution >= 0.6 is 47.4 Å². The van der Waals surface area contributed by atoms with Gasteiger partial charge < -0.3 is 9.15 Å². The highest BCUT2D eigenvalue weighted by Gasteiger charge is 2.11. The van der Waals surface area contributed by atoms with E-state index in [-0.39, 0.29) is 17.7 Å². The number of hydrogen-bond acceptors (Lipinski definition) is 5. The molecule has 1 aromatic heterocycles. The van der Waals surface area contributed by atoms with Gasteiger partial charge in [-0.2, -0.15) is 0 Å². The van der Waals surface area contributed by atoms with Crippen LogP contribution in [0.5, 0.6) is 5.75 Å². The molecule has 0 fully saturated rings. The van der Waals surface area contributed by atoms with E-state index in [0.29, 0.717) is 20.8 Å². The molecule has 0 spiro atoms. The number of thiol groups is 1. The second-order valence-electron chi connectivity index (χ2n) is 2.97. The van der Waals surface area contributed by atoms with Gasteiger partial charge in [0.25, 0.3) is 11.1 Å². The Hall–Kier alpha value is -0.620. The first kappa shape index (κ1) is 12.8. The molecule has 17 heavy (non-hydrogen) atoms. The molecule has 0 atom stereocenters. The van der Waals surface area contributed by atoms with Crippen LogP contribution in [-0.4, -0.2) is 10.2 Å². The van der Waals surface area contributed by atoms with Gasteiger partial charge in [-0.1, -0.05) is 47.4 Å². The third-order valence-electron chi connectivity index (χ3n) is 1.76. The molecule has 4 nitrogen and oxygen atoms in total. The normalized spacial score (nSPS) is 10.6. The molecule has 0 aliphatic rings. The standard InChI is InChI=1S/C9H5Cl3N2O2S/c10-4-1-5(11)8(6(12)2-4)15-3-7-13-14-9(17)16-7/h1-2H,3H2,(H,14,17). The van der Waals surface area contributed by atoms with E-state index in [2.05, 4.69) is 22.8 Å². The molecule has 8 heteroatoms. The third-order valence-corrected chi connectivity index (χ3v) is 2.72. The molecule has 1 aromatic carbocycles. The Morgan fingerprint density at radius 1 is 1.18 bits per heavy atom. The maximum absolute atomic E-state index is 5.93. The highest BCUT2D eigenvalue weighted by atomic mass is 35.5. The summed E-state index contributed by atoms with van der Waals surface area (Å²) in [7, 11) is 0. The van der Waals surface area contributed by atoms with Crippen LogP contribution in [0.3, 0.4) is 0 Å². The fraction of sp³-hybridized carbons (Fsp3) is 0.111. The van der Waals surface area contributed by atoms with Gasteiger partial charge in [0.05, 0.1) is 10.0 Å². The van der Waals surface area contributed by atoms with Crippen molar-refractivity contribution >= 4 is 47.4 Å². The van der Waals surface area contributed by atoms with Crippen LogP contribution in [0, 0.1) is 0 Å². The fourth-order valence-electron chi connectivity index (χ4n) is 1.10. The summed E-state index contributed by atoms with van der Waals surface area (Å²) in [6.45, 7) is 0.0502. The van der Waals surface area contributed by atoms with Crippen molar-refractivity contribution in [2.45, 2.75) is 11.8 Å². The molecule has 1 heterocycles. The predicted octanol–water partition coefficient (Wildman–Crippen LogP) is 3.90. The van der Waals surface area contributed by atoms with Crippen LogP contribution in [0.2, 0.25) is 15.1 Å². The van der Waals surface area contributed by atoms with Crippen molar-refractivity contribution in [3.05, 3.63) is 33.1 Å². The van der Waals surface area contributed by atoms with E-state index in [0.717, 1.165) is 0 Å². The predicted molar refractivity (Wildman–Crippen MR) is 67.4 cm³/mol. The van der Waals surface area contributed by atoms with Crippen molar-refractivity contribution in [3.63, 3.8) is 0 Å². The Kier molecular flexibility index (Phi) is 4.04. The molecule has 90 valence electrons. The second kappa shape index (κ2) is 5.35. The lowest BCUT2D eigenvalue weighted by atomic mass is 10.3. The monoisotopic (exact) mass is 310 g/mol. The van der Waals surface area contributed by atoms with Gasteiger partial charge in [0, 0.05) is 5.02 Å². The second-order valence-corrected chi connectivity index (χ2v) is 4.60. The van der Waals surface area contributed by atoms with E-state index >= 15 is 0 Å². The quantitative estimate of drug-likeness (QED) is 0.873. The topological polar surface area (TPSA) is 48.2 Å². The number of rotatable bonds is 3. The molecule has 0 aliphatic heterocycles. The Labute approximate surface area is 117 Å². The van der Waals surface area contributed by atoms with Gasteiger partial charge in [-0.05, 0) is 12.1 Å². The summed E-state index contributed by atoms with van der Waals surface area (Å²) in [5, 5.41) is 8.47. The minimum absolute atomic E-state index is 0.0502. The van der Waals surface area contributed by atoms with Crippen LogP contribution < -0.4 is 4.74 Å². The molecular formula is C9H5Cl3N2O2S. The number of ether oxygens (including phenoxy) is 1. The smallest absolute Gasteiger partial charge is 0.273 e. The fourth-order valence-corrected chi connectivity index (χ4v) is 2.18. The highest BCUT2D eigenvalue weighted by molar-refractivity contribution is 7.80. The Bertz CT molecular complexity index is 524. The van der Waals surface area contributed by atoms with Crippen LogP contribution in [0.25, 0.3) is 0 Å². The maximum atomic E-state index is 5.93. The van der Waals surface area contributed by atoms with Gasteiger partial charge in [-0.25, -0.2) is 0 Å². The molecule has 0 N–H and O–H groups in total. The lowest BCUT2D eigenvalue weighted by Gasteiger charge is -2.08. The Balaban J connectivity index is 2.14. The Morgan fingerprint density at radius 3 is 2.35 bits per heavy atom. The van der Waals surface area contributed by atoms with Gasteiger partial charge in [-0.3, -0.25) is 0 Å². The van der Waals surface area contributed by atoms with Gasteiger partial charge in [0.15, 0.2) is 12.4 Å². The third kappa shape index (κ3) is 3.19. The number of aromatic nitrogens is 2. The molecule has 0 unspecified atom stereocenters. The summed E-state index contributed by atoms with van der Waals surface area (Å²) >= 11 is 21.5. The van der Waals surface area contributed by atoms with Gasteiger partial charge in [0.1, 0.15) is 0 Å². The molecule has 0 radical (unpaired) electrons. The average molecular weight is 312 g/mol. The number of nitrogens with zero attached hydrogens (tertiary/aromatic N) is 2. The summed E-state index contributed by atoms with van der Waals surface area (Å²) < 4.78 is 10.4. The lowest BCUT2D eigenvalue weighted by Crippen LogP contribution is -1.97. The molecule has 0 bridgehead atoms. The van der Waals surface area contributed by atoms with Crippen molar-refractivity contribution in [3.8, 4) is 5.75 Å². The van der Waals surface area contributed by atoms with Gasteiger partial charge in [-0.15, -0.1) is 10.2 Å². The molecule has 0 aliphatic carbocycles. The van der Waals surface area contributed by atoms with E-state index in [1.54, 1.807) is 0 Å². The van der Waals surface area contributed by atoms with Crippen molar-refractivity contribution in [2.24, 2.45) is 0 Å². The summed E-state index contributed by atoms with van der Waals surface area (Å²) in [5.74, 6) is 0.591. The number of hydrogen-bond donors (Lipinski definition) is 1. The van der Waals surface area contributed by atoms with Crippen molar-refractivity contribution in [2.75, 3.05) is 0 Å². The van der Waals surface area contributed by atoms with Crippen molar-refractivity contribution in [1.29, 1.82) is 0 Å². The number of benzene rings is 1. The van der Waals surface area contributed by atoms with E-state index < -0.39 is 0 Å². The SMILES string of the molecule is Sc1nnc(COc2c(Cl)cc(Cl)cc2Cl)o1.